The zero-order chi connectivity index (χ0) is 14.7. The van der Waals surface area contributed by atoms with Crippen LogP contribution in [0.1, 0.15) is 29.7 Å². The van der Waals surface area contributed by atoms with Gasteiger partial charge in [0.15, 0.2) is 0 Å². The standard InChI is InChI=1S/C18H21NOS/c1-14-12-19(13-17(14)15-6-3-2-4-7-15)18(20)10-9-16-8-5-11-21-16/h2-8,11,14,17H,9-10,12-13H2,1H3. The molecule has 2 nitrogen and oxygen atoms in total. The summed E-state index contributed by atoms with van der Waals surface area (Å²) in [5.74, 6) is 1.32. The van der Waals surface area contributed by atoms with Crippen LogP contribution in [0.2, 0.25) is 0 Å². The summed E-state index contributed by atoms with van der Waals surface area (Å²) in [5, 5.41) is 2.07. The van der Waals surface area contributed by atoms with E-state index in [2.05, 4.69) is 47.5 Å². The average Bonchev–Trinajstić information content (AvgIpc) is 3.15. The van der Waals surface area contributed by atoms with Crippen molar-refractivity contribution in [3.05, 3.63) is 58.3 Å². The van der Waals surface area contributed by atoms with Crippen LogP contribution >= 0.6 is 11.3 Å². The summed E-state index contributed by atoms with van der Waals surface area (Å²) >= 11 is 1.73. The second kappa shape index (κ2) is 6.44. The molecule has 0 saturated carbocycles. The van der Waals surface area contributed by atoms with Crippen LogP contribution < -0.4 is 0 Å². The van der Waals surface area contributed by atoms with Crippen molar-refractivity contribution in [2.45, 2.75) is 25.7 Å². The molecule has 0 radical (unpaired) electrons. The maximum Gasteiger partial charge on any atom is 0.222 e. The summed E-state index contributed by atoms with van der Waals surface area (Å²) < 4.78 is 0. The van der Waals surface area contributed by atoms with Crippen LogP contribution in [-0.4, -0.2) is 23.9 Å². The number of hydrogen-bond acceptors (Lipinski definition) is 2. The minimum Gasteiger partial charge on any atom is -0.342 e. The lowest BCUT2D eigenvalue weighted by molar-refractivity contribution is -0.130. The predicted molar refractivity (Wildman–Crippen MR) is 87.6 cm³/mol. The molecular formula is C18H21NOS. The van der Waals surface area contributed by atoms with Crippen LogP contribution in [0, 0.1) is 5.92 Å². The highest BCUT2D eigenvalue weighted by Gasteiger charge is 2.32. The van der Waals surface area contributed by atoms with E-state index in [1.807, 2.05) is 12.1 Å². The Bertz CT molecular complexity index is 579. The van der Waals surface area contributed by atoms with Crippen molar-refractivity contribution in [3.8, 4) is 0 Å². The van der Waals surface area contributed by atoms with Gasteiger partial charge in [0.2, 0.25) is 5.91 Å². The summed E-state index contributed by atoms with van der Waals surface area (Å²) in [6, 6.07) is 14.7. The van der Waals surface area contributed by atoms with E-state index < -0.39 is 0 Å². The zero-order valence-corrected chi connectivity index (χ0v) is 13.2. The van der Waals surface area contributed by atoms with Crippen molar-refractivity contribution in [2.24, 2.45) is 5.92 Å². The number of likely N-dealkylation sites (tertiary alicyclic amines) is 1. The first kappa shape index (κ1) is 14.3. The van der Waals surface area contributed by atoms with E-state index in [0.717, 1.165) is 19.5 Å². The molecule has 110 valence electrons. The molecule has 2 unspecified atom stereocenters. The molecule has 0 bridgehead atoms. The molecule has 0 spiro atoms. The van der Waals surface area contributed by atoms with Crippen molar-refractivity contribution >= 4 is 17.2 Å². The van der Waals surface area contributed by atoms with Crippen LogP contribution in [0.5, 0.6) is 0 Å². The number of carbonyl (C=O) groups excluding carboxylic acids is 1. The van der Waals surface area contributed by atoms with Crippen molar-refractivity contribution in [2.75, 3.05) is 13.1 Å². The highest BCUT2D eigenvalue weighted by Crippen LogP contribution is 2.32. The SMILES string of the molecule is CC1CN(C(=O)CCc2cccs2)CC1c1ccccc1. The minimum atomic E-state index is 0.300. The number of benzene rings is 1. The third-order valence-electron chi connectivity index (χ3n) is 4.36. The van der Waals surface area contributed by atoms with E-state index in [1.165, 1.54) is 10.4 Å². The maximum absolute atomic E-state index is 12.4. The van der Waals surface area contributed by atoms with E-state index in [1.54, 1.807) is 11.3 Å². The first-order chi connectivity index (χ1) is 10.2. The second-order valence-electron chi connectivity index (χ2n) is 5.87. The molecule has 1 aliphatic heterocycles. The molecule has 1 amide bonds. The lowest BCUT2D eigenvalue weighted by Gasteiger charge is -2.16. The summed E-state index contributed by atoms with van der Waals surface area (Å²) in [7, 11) is 0. The molecule has 3 heteroatoms. The molecule has 2 aromatic rings. The van der Waals surface area contributed by atoms with Crippen LogP contribution in [0.15, 0.2) is 47.8 Å². The van der Waals surface area contributed by atoms with Gasteiger partial charge in [-0.2, -0.15) is 0 Å². The van der Waals surface area contributed by atoms with Gasteiger partial charge in [-0.25, -0.2) is 0 Å². The van der Waals surface area contributed by atoms with Gasteiger partial charge in [-0.15, -0.1) is 11.3 Å². The number of aryl methyl sites for hydroxylation is 1. The smallest absolute Gasteiger partial charge is 0.222 e. The first-order valence-electron chi connectivity index (χ1n) is 7.59. The molecule has 2 atom stereocenters. The second-order valence-corrected chi connectivity index (χ2v) is 6.90. The van der Waals surface area contributed by atoms with Gasteiger partial charge >= 0.3 is 0 Å². The number of amides is 1. The molecule has 2 heterocycles. The molecular weight excluding hydrogens is 278 g/mol. The fourth-order valence-corrected chi connectivity index (χ4v) is 3.86. The lowest BCUT2D eigenvalue weighted by Crippen LogP contribution is -2.28. The van der Waals surface area contributed by atoms with E-state index in [4.69, 9.17) is 0 Å². The average molecular weight is 299 g/mol. The molecule has 1 fully saturated rings. The van der Waals surface area contributed by atoms with Crippen LogP contribution in [-0.2, 0) is 11.2 Å². The van der Waals surface area contributed by atoms with Gasteiger partial charge in [-0.3, -0.25) is 4.79 Å². The van der Waals surface area contributed by atoms with E-state index in [-0.39, 0.29) is 0 Å². The first-order valence-corrected chi connectivity index (χ1v) is 8.47. The fourth-order valence-electron chi connectivity index (χ4n) is 3.15. The normalized spacial score (nSPS) is 21.7. The van der Waals surface area contributed by atoms with Crippen molar-refractivity contribution in [3.63, 3.8) is 0 Å². The molecule has 0 aliphatic carbocycles. The van der Waals surface area contributed by atoms with E-state index >= 15 is 0 Å². The molecule has 1 aliphatic rings. The molecule has 1 aromatic heterocycles. The number of rotatable bonds is 4. The van der Waals surface area contributed by atoms with Gasteiger partial charge < -0.3 is 4.90 Å². The number of carbonyl (C=O) groups is 1. The largest absolute Gasteiger partial charge is 0.342 e. The van der Waals surface area contributed by atoms with Crippen molar-refractivity contribution in [1.82, 2.24) is 4.90 Å². The molecule has 1 aromatic carbocycles. The van der Waals surface area contributed by atoms with Gasteiger partial charge in [0.25, 0.3) is 0 Å². The van der Waals surface area contributed by atoms with Crippen molar-refractivity contribution < 1.29 is 4.79 Å². The van der Waals surface area contributed by atoms with Crippen LogP contribution in [0.4, 0.5) is 0 Å². The molecule has 1 saturated heterocycles. The molecule has 3 rings (SSSR count). The number of thiophene rings is 1. The number of hydrogen-bond donors (Lipinski definition) is 0. The van der Waals surface area contributed by atoms with Crippen LogP contribution in [0.3, 0.4) is 0 Å². The Balaban J connectivity index is 1.59. The van der Waals surface area contributed by atoms with Gasteiger partial charge in [-0.05, 0) is 29.3 Å². The lowest BCUT2D eigenvalue weighted by atomic mass is 9.90. The Labute approximate surface area is 130 Å². The van der Waals surface area contributed by atoms with Gasteiger partial charge in [0, 0.05) is 30.3 Å². The number of nitrogens with zero attached hydrogens (tertiary/aromatic N) is 1. The third-order valence-corrected chi connectivity index (χ3v) is 5.29. The zero-order valence-electron chi connectivity index (χ0n) is 12.4. The topological polar surface area (TPSA) is 20.3 Å². The summed E-state index contributed by atoms with van der Waals surface area (Å²) in [6.07, 6.45) is 1.51. The Morgan fingerprint density at radius 1 is 1.19 bits per heavy atom. The monoisotopic (exact) mass is 299 g/mol. The Morgan fingerprint density at radius 3 is 2.71 bits per heavy atom. The molecule has 21 heavy (non-hydrogen) atoms. The Hall–Kier alpha value is -1.61. The summed E-state index contributed by atoms with van der Waals surface area (Å²) in [4.78, 5) is 15.7. The maximum atomic E-state index is 12.4. The van der Waals surface area contributed by atoms with E-state index in [9.17, 15) is 4.79 Å². The molecule has 0 N–H and O–H groups in total. The highest BCUT2D eigenvalue weighted by molar-refractivity contribution is 7.09. The summed E-state index contributed by atoms with van der Waals surface area (Å²) in [5.41, 5.74) is 1.36. The van der Waals surface area contributed by atoms with Gasteiger partial charge in [0.05, 0.1) is 0 Å². The Kier molecular flexibility index (Phi) is 4.39. The van der Waals surface area contributed by atoms with Gasteiger partial charge in [-0.1, -0.05) is 43.3 Å². The Morgan fingerprint density at radius 2 is 2.00 bits per heavy atom. The van der Waals surface area contributed by atoms with E-state index in [0.29, 0.717) is 24.2 Å². The van der Waals surface area contributed by atoms with Crippen molar-refractivity contribution in [1.29, 1.82) is 0 Å². The van der Waals surface area contributed by atoms with Crippen LogP contribution in [0.25, 0.3) is 0 Å². The third kappa shape index (κ3) is 3.35. The minimum absolute atomic E-state index is 0.300. The summed E-state index contributed by atoms with van der Waals surface area (Å²) in [6.45, 7) is 4.02. The predicted octanol–water partition coefficient (Wildman–Crippen LogP) is 3.94. The highest BCUT2D eigenvalue weighted by atomic mass is 32.1. The fraction of sp³-hybridized carbons (Fsp3) is 0.389. The quantitative estimate of drug-likeness (QED) is 0.837. The van der Waals surface area contributed by atoms with Gasteiger partial charge in [0.1, 0.15) is 0 Å².